The Labute approximate surface area is 132 Å². The van der Waals surface area contributed by atoms with E-state index in [-0.39, 0.29) is 5.69 Å². The highest BCUT2D eigenvalue weighted by atomic mass is 16.6. The summed E-state index contributed by atoms with van der Waals surface area (Å²) in [6.07, 6.45) is 5.06. The van der Waals surface area contributed by atoms with E-state index in [2.05, 4.69) is 4.98 Å². The summed E-state index contributed by atoms with van der Waals surface area (Å²) in [5.41, 5.74) is 1.11. The first-order valence-corrected chi connectivity index (χ1v) is 7.02. The van der Waals surface area contributed by atoms with Crippen molar-refractivity contribution >= 4 is 5.69 Å². The van der Waals surface area contributed by atoms with Crippen LogP contribution in [0.1, 0.15) is 5.56 Å². The molecule has 6 nitrogen and oxygen atoms in total. The SMILES string of the molecule is O=[N+]([O-])c1cccc(Oc2cncc[n+]2Cc2ccccc2)c1. The van der Waals surface area contributed by atoms with E-state index in [9.17, 15) is 10.1 Å². The molecule has 3 aromatic rings. The van der Waals surface area contributed by atoms with Crippen molar-refractivity contribution in [2.45, 2.75) is 6.54 Å². The van der Waals surface area contributed by atoms with Gasteiger partial charge in [0.05, 0.1) is 17.2 Å². The topological polar surface area (TPSA) is 69.1 Å². The molecule has 3 rings (SSSR count). The maximum atomic E-state index is 10.8. The molecule has 23 heavy (non-hydrogen) atoms. The number of aromatic nitrogens is 2. The van der Waals surface area contributed by atoms with Crippen LogP contribution in [0.5, 0.6) is 11.6 Å². The molecular formula is C17H14N3O3+. The van der Waals surface area contributed by atoms with Gasteiger partial charge in [-0.25, -0.2) is 4.98 Å². The summed E-state index contributed by atoms with van der Waals surface area (Å²) in [7, 11) is 0. The highest BCUT2D eigenvalue weighted by molar-refractivity contribution is 5.39. The van der Waals surface area contributed by atoms with Crippen LogP contribution in [0.15, 0.2) is 73.2 Å². The lowest BCUT2D eigenvalue weighted by molar-refractivity contribution is -0.692. The summed E-state index contributed by atoms with van der Waals surface area (Å²) in [5.74, 6) is 0.908. The van der Waals surface area contributed by atoms with Crippen LogP contribution in [-0.2, 0) is 6.54 Å². The maximum absolute atomic E-state index is 10.8. The molecule has 1 aromatic heterocycles. The molecule has 0 saturated heterocycles. The minimum absolute atomic E-state index is 0.0130. The van der Waals surface area contributed by atoms with Gasteiger partial charge in [0.1, 0.15) is 11.9 Å². The lowest BCUT2D eigenvalue weighted by Crippen LogP contribution is -2.35. The van der Waals surface area contributed by atoms with Gasteiger partial charge in [0.2, 0.25) is 0 Å². The lowest BCUT2D eigenvalue weighted by atomic mass is 10.2. The molecule has 0 atom stereocenters. The van der Waals surface area contributed by atoms with Gasteiger partial charge in [-0.2, -0.15) is 4.57 Å². The molecule has 1 heterocycles. The highest BCUT2D eigenvalue weighted by Gasteiger charge is 2.15. The number of rotatable bonds is 5. The van der Waals surface area contributed by atoms with Crippen LogP contribution in [0.4, 0.5) is 5.69 Å². The summed E-state index contributed by atoms with van der Waals surface area (Å²) in [4.78, 5) is 14.5. The molecule has 0 fully saturated rings. The Kier molecular flexibility index (Phi) is 4.24. The predicted molar refractivity (Wildman–Crippen MR) is 83.1 cm³/mol. The number of hydrogen-bond acceptors (Lipinski definition) is 4. The van der Waals surface area contributed by atoms with Crippen LogP contribution in [-0.4, -0.2) is 9.91 Å². The minimum Gasteiger partial charge on any atom is -0.404 e. The smallest absolute Gasteiger partial charge is 0.392 e. The van der Waals surface area contributed by atoms with E-state index in [4.69, 9.17) is 4.74 Å². The number of benzene rings is 2. The molecule has 2 aromatic carbocycles. The number of nitrogens with zero attached hydrogens (tertiary/aromatic N) is 3. The molecule has 114 valence electrons. The van der Waals surface area contributed by atoms with Crippen molar-refractivity contribution in [1.82, 2.24) is 4.98 Å². The van der Waals surface area contributed by atoms with Gasteiger partial charge in [0.15, 0.2) is 12.7 Å². The van der Waals surface area contributed by atoms with Gasteiger partial charge in [-0.3, -0.25) is 10.1 Å². The molecule has 0 aliphatic heterocycles. The largest absolute Gasteiger partial charge is 0.404 e. The normalized spacial score (nSPS) is 10.3. The molecule has 0 unspecified atom stereocenters. The van der Waals surface area contributed by atoms with Crippen molar-refractivity contribution in [3.05, 3.63) is 88.9 Å². The first-order chi connectivity index (χ1) is 11.2. The lowest BCUT2D eigenvalue weighted by Gasteiger charge is -2.05. The molecule has 0 amide bonds. The second kappa shape index (κ2) is 6.65. The molecule has 0 saturated carbocycles. The number of nitro benzene ring substituents is 1. The average Bonchev–Trinajstić information content (AvgIpc) is 2.58. The molecule has 0 bridgehead atoms. The Morgan fingerprint density at radius 3 is 2.74 bits per heavy atom. The second-order valence-electron chi connectivity index (χ2n) is 4.88. The van der Waals surface area contributed by atoms with E-state index in [1.807, 2.05) is 34.9 Å². The van der Waals surface area contributed by atoms with Gasteiger partial charge < -0.3 is 4.74 Å². The van der Waals surface area contributed by atoms with E-state index < -0.39 is 4.92 Å². The molecule has 6 heteroatoms. The first-order valence-electron chi connectivity index (χ1n) is 7.02. The Hall–Kier alpha value is -3.28. The number of non-ortho nitro benzene ring substituents is 1. The summed E-state index contributed by atoms with van der Waals surface area (Å²) in [5, 5.41) is 10.8. The molecular weight excluding hydrogens is 294 g/mol. The Bertz CT molecular complexity index is 822. The Morgan fingerprint density at radius 2 is 1.96 bits per heavy atom. The van der Waals surface area contributed by atoms with Crippen molar-refractivity contribution in [3.63, 3.8) is 0 Å². The third kappa shape index (κ3) is 3.68. The van der Waals surface area contributed by atoms with Crippen molar-refractivity contribution in [1.29, 1.82) is 0 Å². The van der Waals surface area contributed by atoms with Gasteiger partial charge in [0.25, 0.3) is 5.69 Å². The number of hydrogen-bond donors (Lipinski definition) is 0. The molecule has 0 aliphatic carbocycles. The average molecular weight is 308 g/mol. The summed E-state index contributed by atoms with van der Waals surface area (Å²) >= 11 is 0. The van der Waals surface area contributed by atoms with E-state index in [1.165, 1.54) is 12.1 Å². The van der Waals surface area contributed by atoms with Gasteiger partial charge >= 0.3 is 5.88 Å². The molecule has 0 radical (unpaired) electrons. The fraction of sp³-hybridized carbons (Fsp3) is 0.0588. The van der Waals surface area contributed by atoms with E-state index in [0.29, 0.717) is 18.2 Å². The van der Waals surface area contributed by atoms with Gasteiger partial charge in [-0.15, -0.1) is 0 Å². The number of ether oxygens (including phenoxy) is 1. The van der Waals surface area contributed by atoms with Crippen molar-refractivity contribution in [2.75, 3.05) is 0 Å². The molecule has 0 spiro atoms. The van der Waals surface area contributed by atoms with Gasteiger partial charge in [-0.05, 0) is 6.07 Å². The van der Waals surface area contributed by atoms with Crippen LogP contribution >= 0.6 is 0 Å². The van der Waals surface area contributed by atoms with Crippen LogP contribution in [0.2, 0.25) is 0 Å². The van der Waals surface area contributed by atoms with E-state index in [1.54, 1.807) is 30.7 Å². The van der Waals surface area contributed by atoms with Crippen LogP contribution < -0.4 is 9.30 Å². The third-order valence-corrected chi connectivity index (χ3v) is 3.25. The fourth-order valence-electron chi connectivity index (χ4n) is 2.15. The van der Waals surface area contributed by atoms with Crippen LogP contribution in [0, 0.1) is 10.1 Å². The summed E-state index contributed by atoms with van der Waals surface area (Å²) in [6, 6.07) is 16.0. The minimum atomic E-state index is -0.450. The van der Waals surface area contributed by atoms with Gasteiger partial charge in [-0.1, -0.05) is 36.4 Å². The molecule has 0 aliphatic rings. The maximum Gasteiger partial charge on any atom is 0.392 e. The van der Waals surface area contributed by atoms with Crippen LogP contribution in [0.3, 0.4) is 0 Å². The molecule has 0 N–H and O–H groups in total. The van der Waals surface area contributed by atoms with Crippen molar-refractivity contribution < 1.29 is 14.2 Å². The predicted octanol–water partition coefficient (Wildman–Crippen LogP) is 3.12. The quantitative estimate of drug-likeness (QED) is 0.412. The van der Waals surface area contributed by atoms with Crippen molar-refractivity contribution in [2.24, 2.45) is 0 Å². The second-order valence-corrected chi connectivity index (χ2v) is 4.88. The fourth-order valence-corrected chi connectivity index (χ4v) is 2.15. The summed E-state index contributed by atoms with van der Waals surface area (Å²) in [6.45, 7) is 0.619. The van der Waals surface area contributed by atoms with Crippen molar-refractivity contribution in [3.8, 4) is 11.6 Å². The first kappa shape index (κ1) is 14.6. The highest BCUT2D eigenvalue weighted by Crippen LogP contribution is 2.22. The third-order valence-electron chi connectivity index (χ3n) is 3.25. The standard InChI is InChI=1S/C17H14N3O3/c21-20(22)15-7-4-8-16(11-15)23-17-12-18-9-10-19(17)13-14-5-2-1-3-6-14/h1-12H,13H2/q+1. The van der Waals surface area contributed by atoms with Gasteiger partial charge in [0, 0.05) is 11.6 Å². The zero-order chi connectivity index (χ0) is 16.1. The summed E-state index contributed by atoms with van der Waals surface area (Å²) < 4.78 is 7.66. The Balaban J connectivity index is 1.86. The Morgan fingerprint density at radius 1 is 1.13 bits per heavy atom. The zero-order valence-corrected chi connectivity index (χ0v) is 12.2. The van der Waals surface area contributed by atoms with Crippen LogP contribution in [0.25, 0.3) is 0 Å². The monoisotopic (exact) mass is 308 g/mol. The van der Waals surface area contributed by atoms with E-state index >= 15 is 0 Å². The van der Waals surface area contributed by atoms with E-state index in [0.717, 1.165) is 5.56 Å². The zero-order valence-electron chi connectivity index (χ0n) is 12.2. The number of nitro groups is 1.